The van der Waals surface area contributed by atoms with Gasteiger partial charge in [0.25, 0.3) is 5.78 Å². The van der Waals surface area contributed by atoms with E-state index in [2.05, 4.69) is 4.74 Å². The fourth-order valence-corrected chi connectivity index (χ4v) is 1.56. The SMILES string of the molecule is N[C@@H](C=O)[C@@H](OC(=O)C(=O)[C@@H](O)[C@H](O)[C@@H](O)CO)[C@@H](O)[C@H](O)CO. The van der Waals surface area contributed by atoms with Crippen LogP contribution in [-0.4, -0.2) is 110 Å². The highest BCUT2D eigenvalue weighted by Crippen LogP contribution is 2.10. The molecule has 0 aromatic rings. The molecule has 0 aliphatic heterocycles. The Morgan fingerprint density at radius 2 is 1.42 bits per heavy atom. The molecule has 0 fully saturated rings. The van der Waals surface area contributed by atoms with E-state index in [0.717, 1.165) is 0 Å². The molecular formula is C12H21NO11. The summed E-state index contributed by atoms with van der Waals surface area (Å²) in [5.41, 5.74) is 5.27. The first-order valence-corrected chi connectivity index (χ1v) is 6.70. The van der Waals surface area contributed by atoms with Gasteiger partial charge in [-0.15, -0.1) is 0 Å². The highest BCUT2D eigenvalue weighted by molar-refractivity contribution is 6.35. The molecule has 0 saturated carbocycles. The number of ketones is 1. The second kappa shape index (κ2) is 10.4. The fourth-order valence-electron chi connectivity index (χ4n) is 1.56. The molecule has 12 heteroatoms. The Morgan fingerprint density at radius 3 is 1.83 bits per heavy atom. The number of esters is 1. The normalized spacial score (nSPS) is 20.2. The first-order chi connectivity index (χ1) is 11.1. The van der Waals surface area contributed by atoms with Gasteiger partial charge in [-0.2, -0.15) is 0 Å². The summed E-state index contributed by atoms with van der Waals surface area (Å²) in [6.45, 7) is -1.99. The molecule has 0 unspecified atom stereocenters. The third kappa shape index (κ3) is 5.85. The minimum Gasteiger partial charge on any atom is -0.452 e. The minimum atomic E-state index is -2.47. The lowest BCUT2D eigenvalue weighted by molar-refractivity contribution is -0.175. The second-order valence-electron chi connectivity index (χ2n) is 4.87. The van der Waals surface area contributed by atoms with Gasteiger partial charge in [-0.25, -0.2) is 4.79 Å². The summed E-state index contributed by atoms with van der Waals surface area (Å²) in [6, 6.07) is -1.68. The maximum Gasteiger partial charge on any atom is 0.377 e. The smallest absolute Gasteiger partial charge is 0.377 e. The van der Waals surface area contributed by atoms with Crippen molar-refractivity contribution in [2.75, 3.05) is 13.2 Å². The molecule has 12 nitrogen and oxygen atoms in total. The average Bonchev–Trinajstić information content (AvgIpc) is 2.60. The Morgan fingerprint density at radius 1 is 0.958 bits per heavy atom. The van der Waals surface area contributed by atoms with Crippen molar-refractivity contribution in [2.24, 2.45) is 5.73 Å². The van der Waals surface area contributed by atoms with Gasteiger partial charge >= 0.3 is 5.97 Å². The van der Waals surface area contributed by atoms with E-state index in [1.807, 2.05) is 0 Å². The molecule has 0 aromatic heterocycles. The number of ether oxygens (including phenoxy) is 1. The summed E-state index contributed by atoms with van der Waals surface area (Å²) in [5.74, 6) is -3.60. The molecule has 0 heterocycles. The number of Topliss-reactive ketones (excluding diaryl/α,β-unsaturated/α-hetero) is 1. The molecule has 0 aliphatic rings. The quantitative estimate of drug-likeness (QED) is 0.0983. The van der Waals surface area contributed by atoms with E-state index in [4.69, 9.17) is 21.1 Å². The summed E-state index contributed by atoms with van der Waals surface area (Å²) >= 11 is 0. The number of hydrogen-bond acceptors (Lipinski definition) is 12. The predicted octanol–water partition coefficient (Wildman–Crippen LogP) is -6.22. The van der Waals surface area contributed by atoms with Crippen LogP contribution in [-0.2, 0) is 19.1 Å². The maximum absolute atomic E-state index is 11.6. The Balaban J connectivity index is 5.11. The zero-order valence-electron chi connectivity index (χ0n) is 12.4. The van der Waals surface area contributed by atoms with Crippen LogP contribution in [0.25, 0.3) is 0 Å². The molecule has 0 amide bonds. The molecule has 0 saturated heterocycles. The lowest BCUT2D eigenvalue weighted by Crippen LogP contribution is -2.54. The largest absolute Gasteiger partial charge is 0.452 e. The number of aliphatic hydroxyl groups is 7. The molecular weight excluding hydrogens is 334 g/mol. The highest BCUT2D eigenvalue weighted by Gasteiger charge is 2.39. The van der Waals surface area contributed by atoms with Crippen molar-refractivity contribution in [1.29, 1.82) is 0 Å². The van der Waals surface area contributed by atoms with E-state index in [1.165, 1.54) is 0 Å². The average molecular weight is 355 g/mol. The van der Waals surface area contributed by atoms with Gasteiger partial charge in [-0.05, 0) is 0 Å². The number of hydrogen-bond donors (Lipinski definition) is 8. The Labute approximate surface area is 135 Å². The van der Waals surface area contributed by atoms with Crippen molar-refractivity contribution >= 4 is 18.0 Å². The van der Waals surface area contributed by atoms with Crippen molar-refractivity contribution in [3.8, 4) is 0 Å². The number of nitrogens with two attached hydrogens (primary N) is 1. The molecule has 0 aliphatic carbocycles. The van der Waals surface area contributed by atoms with Gasteiger partial charge in [-0.3, -0.25) is 4.79 Å². The zero-order chi connectivity index (χ0) is 19.0. The first-order valence-electron chi connectivity index (χ1n) is 6.70. The molecule has 24 heavy (non-hydrogen) atoms. The third-order valence-corrected chi connectivity index (χ3v) is 3.07. The van der Waals surface area contributed by atoms with Crippen LogP contribution in [0.5, 0.6) is 0 Å². The number of aldehydes is 1. The summed E-state index contributed by atoms with van der Waals surface area (Å²) in [5, 5.41) is 64.2. The van der Waals surface area contributed by atoms with Gasteiger partial charge in [0.1, 0.15) is 36.7 Å². The van der Waals surface area contributed by atoms with Crippen molar-refractivity contribution in [3.05, 3.63) is 0 Å². The fraction of sp³-hybridized carbons (Fsp3) is 0.750. The summed E-state index contributed by atoms with van der Waals surface area (Å²) in [7, 11) is 0. The minimum absolute atomic E-state index is 0.0382. The van der Waals surface area contributed by atoms with E-state index in [0.29, 0.717) is 0 Å². The van der Waals surface area contributed by atoms with Crippen LogP contribution in [0.15, 0.2) is 0 Å². The molecule has 0 bridgehead atoms. The first kappa shape index (κ1) is 22.5. The monoisotopic (exact) mass is 355 g/mol. The van der Waals surface area contributed by atoms with Crippen LogP contribution in [0.1, 0.15) is 0 Å². The molecule has 140 valence electrons. The van der Waals surface area contributed by atoms with Crippen LogP contribution in [0.3, 0.4) is 0 Å². The van der Waals surface area contributed by atoms with Crippen LogP contribution in [0.2, 0.25) is 0 Å². The van der Waals surface area contributed by atoms with Gasteiger partial charge in [0.05, 0.1) is 13.2 Å². The number of carbonyl (C=O) groups excluding carboxylic acids is 3. The molecule has 0 spiro atoms. The highest BCUT2D eigenvalue weighted by atomic mass is 16.6. The lowest BCUT2D eigenvalue weighted by atomic mass is 10.0. The third-order valence-electron chi connectivity index (χ3n) is 3.07. The molecule has 7 atom stereocenters. The van der Waals surface area contributed by atoms with Crippen molar-refractivity contribution in [2.45, 2.75) is 42.7 Å². The summed E-state index contributed by atoms with van der Waals surface area (Å²) < 4.78 is 4.45. The Hall–Kier alpha value is -1.51. The standard InChI is InChI=1S/C12H21NO11/c13-4(1-14)11(8(20)6(18)3-16)24-12(23)10(22)9(21)7(19)5(17)2-15/h1,4-9,11,15-21H,2-3,13H2/t4-,5-,6+,7+,8-,9-,11+/m0/s1. The second-order valence-corrected chi connectivity index (χ2v) is 4.87. The van der Waals surface area contributed by atoms with Gasteiger partial charge in [0.2, 0.25) is 0 Å². The molecule has 0 aromatic carbocycles. The topological polar surface area (TPSA) is 228 Å². The van der Waals surface area contributed by atoms with E-state index in [-0.39, 0.29) is 6.29 Å². The van der Waals surface area contributed by atoms with Crippen LogP contribution >= 0.6 is 0 Å². The van der Waals surface area contributed by atoms with Crippen LogP contribution in [0.4, 0.5) is 0 Å². The van der Waals surface area contributed by atoms with E-state index in [9.17, 15) is 34.8 Å². The lowest BCUT2D eigenvalue weighted by Gasteiger charge is -2.28. The Kier molecular flexibility index (Phi) is 9.72. The van der Waals surface area contributed by atoms with Crippen LogP contribution in [0, 0.1) is 0 Å². The van der Waals surface area contributed by atoms with E-state index < -0.39 is 67.6 Å². The maximum atomic E-state index is 11.6. The number of carbonyl (C=O) groups is 3. The van der Waals surface area contributed by atoms with Gasteiger partial charge in [-0.1, -0.05) is 0 Å². The summed E-state index contributed by atoms with van der Waals surface area (Å²) in [6.07, 6.45) is -12.4. The van der Waals surface area contributed by atoms with Gasteiger partial charge in [0, 0.05) is 0 Å². The van der Waals surface area contributed by atoms with E-state index >= 15 is 0 Å². The van der Waals surface area contributed by atoms with Gasteiger partial charge < -0.3 is 51.0 Å². The van der Waals surface area contributed by atoms with E-state index in [1.54, 1.807) is 0 Å². The predicted molar refractivity (Wildman–Crippen MR) is 73.1 cm³/mol. The summed E-state index contributed by atoms with van der Waals surface area (Å²) in [4.78, 5) is 33.9. The zero-order valence-corrected chi connectivity index (χ0v) is 12.4. The van der Waals surface area contributed by atoms with Crippen molar-refractivity contribution in [1.82, 2.24) is 0 Å². The molecule has 9 N–H and O–H groups in total. The molecule has 0 rings (SSSR count). The van der Waals surface area contributed by atoms with Crippen LogP contribution < -0.4 is 5.73 Å². The number of aliphatic hydroxyl groups excluding tert-OH is 7. The molecule has 0 radical (unpaired) electrons. The van der Waals surface area contributed by atoms with Crippen molar-refractivity contribution in [3.63, 3.8) is 0 Å². The van der Waals surface area contributed by atoms with Crippen molar-refractivity contribution < 1.29 is 54.9 Å². The number of rotatable bonds is 11. The van der Waals surface area contributed by atoms with Gasteiger partial charge in [0.15, 0.2) is 12.2 Å². The Bertz CT molecular complexity index is 431.